The first-order valence-corrected chi connectivity index (χ1v) is 18.2. The summed E-state index contributed by atoms with van der Waals surface area (Å²) >= 11 is 0. The van der Waals surface area contributed by atoms with Gasteiger partial charge in [0.25, 0.3) is 0 Å². The van der Waals surface area contributed by atoms with Crippen molar-refractivity contribution in [3.63, 3.8) is 0 Å². The van der Waals surface area contributed by atoms with Gasteiger partial charge in [0.05, 0.1) is 40.3 Å². The molecule has 0 spiro atoms. The summed E-state index contributed by atoms with van der Waals surface area (Å²) in [7, 11) is 0. The van der Waals surface area contributed by atoms with E-state index >= 15 is 0 Å². The second-order valence-corrected chi connectivity index (χ2v) is 14.0. The molecule has 2 aliphatic rings. The van der Waals surface area contributed by atoms with E-state index in [4.69, 9.17) is 0 Å². The summed E-state index contributed by atoms with van der Waals surface area (Å²) in [6, 6.07) is 60.0. The first-order chi connectivity index (χ1) is 26.7. The minimum Gasteiger partial charge on any atom is -0.333 e. The monoisotopic (exact) mass is 688 g/mol. The second-order valence-electron chi connectivity index (χ2n) is 14.0. The molecular weight excluding hydrogens is 657 g/mol. The van der Waals surface area contributed by atoms with E-state index in [1.807, 2.05) is 42.5 Å². The van der Waals surface area contributed by atoms with Crippen molar-refractivity contribution in [3.8, 4) is 51.2 Å². The number of nitriles is 2. The van der Waals surface area contributed by atoms with E-state index in [2.05, 4.69) is 161 Å². The lowest BCUT2D eigenvalue weighted by atomic mass is 9.89. The predicted octanol–water partition coefficient (Wildman–Crippen LogP) is 12.3. The maximum Gasteiger partial charge on any atom is 0.0992 e. The number of fused-ring (bicyclic) bond motifs is 6. The Bertz CT molecular complexity index is 2910. The number of para-hydroxylation sites is 1. The maximum absolute atomic E-state index is 9.56. The van der Waals surface area contributed by atoms with Crippen molar-refractivity contribution in [2.45, 2.75) is 12.0 Å². The number of benzene rings is 7. The third-order valence-corrected chi connectivity index (χ3v) is 11.0. The van der Waals surface area contributed by atoms with E-state index in [1.54, 1.807) is 0 Å². The molecule has 4 heteroatoms. The molecule has 0 saturated carbocycles. The SMILES string of the molecule is N#Cc1ccc(-c2cccc(N3c4ccc(-c5ccc(-c6ccc7c(c6)c6ccccc6n7-c6cccc(C#N)c6)cc5)cc4C4C=CC=CC43)c2)cc1. The molecule has 7 aromatic carbocycles. The largest absolute Gasteiger partial charge is 0.333 e. The van der Waals surface area contributed by atoms with Gasteiger partial charge < -0.3 is 9.47 Å². The molecule has 4 nitrogen and oxygen atoms in total. The molecule has 2 unspecified atom stereocenters. The van der Waals surface area contributed by atoms with Gasteiger partial charge in [0.2, 0.25) is 0 Å². The zero-order valence-corrected chi connectivity index (χ0v) is 29.3. The van der Waals surface area contributed by atoms with Crippen LogP contribution in [0.2, 0.25) is 0 Å². The average molecular weight is 689 g/mol. The van der Waals surface area contributed by atoms with Crippen LogP contribution in [0.4, 0.5) is 11.4 Å². The lowest BCUT2D eigenvalue weighted by molar-refractivity contribution is 0.745. The molecule has 2 atom stereocenters. The third-order valence-electron chi connectivity index (χ3n) is 11.0. The van der Waals surface area contributed by atoms with Gasteiger partial charge in [-0.05, 0) is 112 Å². The van der Waals surface area contributed by atoms with Crippen molar-refractivity contribution in [2.75, 3.05) is 4.90 Å². The molecule has 2 heterocycles. The standard InChI is InChI=1S/C50H32N4/c51-31-33-15-17-35(18-16-33)38-8-6-10-42(28-38)54-48-14-4-2-12-44(48)46-30-40(24-26-50(46)54)37-21-19-36(20-22-37)39-23-25-49-45(29-39)43-11-1-3-13-47(43)53(49)41-9-5-7-34(27-41)32-52/h1-30,44,48H. The summed E-state index contributed by atoms with van der Waals surface area (Å²) in [5, 5.41) is 21.2. The number of anilines is 2. The van der Waals surface area contributed by atoms with E-state index in [0.717, 1.165) is 39.1 Å². The number of hydrogen-bond acceptors (Lipinski definition) is 3. The van der Waals surface area contributed by atoms with Gasteiger partial charge in [0.15, 0.2) is 0 Å². The highest BCUT2D eigenvalue weighted by Gasteiger charge is 2.37. The normalized spacial score (nSPS) is 15.6. The molecule has 0 bridgehead atoms. The molecule has 8 aromatic rings. The zero-order valence-electron chi connectivity index (χ0n) is 29.3. The van der Waals surface area contributed by atoms with Crippen LogP contribution >= 0.6 is 0 Å². The lowest BCUT2D eigenvalue weighted by Crippen LogP contribution is -2.28. The molecule has 0 saturated heterocycles. The van der Waals surface area contributed by atoms with E-state index in [0.29, 0.717) is 11.1 Å². The molecule has 1 aliphatic carbocycles. The summed E-state index contributed by atoms with van der Waals surface area (Å²) in [5.41, 5.74) is 15.2. The van der Waals surface area contributed by atoms with E-state index in [1.165, 1.54) is 38.7 Å². The van der Waals surface area contributed by atoms with Crippen LogP contribution in [0.15, 0.2) is 182 Å². The Morgan fingerprint density at radius 1 is 0.444 bits per heavy atom. The molecule has 252 valence electrons. The fourth-order valence-electron chi connectivity index (χ4n) is 8.39. The molecule has 10 rings (SSSR count). The summed E-state index contributed by atoms with van der Waals surface area (Å²) in [5.74, 6) is 0.249. The van der Waals surface area contributed by atoms with Crippen LogP contribution in [0.25, 0.3) is 60.9 Å². The fraction of sp³-hybridized carbons (Fsp3) is 0.0400. The number of rotatable bonds is 5. The van der Waals surface area contributed by atoms with Crippen LogP contribution in [0, 0.1) is 22.7 Å². The van der Waals surface area contributed by atoms with Crippen molar-refractivity contribution in [3.05, 3.63) is 199 Å². The summed E-state index contributed by atoms with van der Waals surface area (Å²) < 4.78 is 2.25. The smallest absolute Gasteiger partial charge is 0.0992 e. The van der Waals surface area contributed by atoms with Crippen LogP contribution in [-0.4, -0.2) is 10.6 Å². The number of aromatic nitrogens is 1. The Labute approximate surface area is 314 Å². The minimum atomic E-state index is 0.190. The van der Waals surface area contributed by atoms with Gasteiger partial charge in [-0.2, -0.15) is 10.5 Å². The molecule has 1 aliphatic heterocycles. The Kier molecular flexibility index (Phi) is 7.36. The highest BCUT2D eigenvalue weighted by atomic mass is 15.2. The highest BCUT2D eigenvalue weighted by Crippen LogP contribution is 2.49. The van der Waals surface area contributed by atoms with Crippen molar-refractivity contribution in [1.29, 1.82) is 10.5 Å². The van der Waals surface area contributed by atoms with Gasteiger partial charge in [0.1, 0.15) is 0 Å². The first-order valence-electron chi connectivity index (χ1n) is 18.2. The van der Waals surface area contributed by atoms with Gasteiger partial charge in [-0.3, -0.25) is 0 Å². The Morgan fingerprint density at radius 2 is 1.07 bits per heavy atom. The quantitative estimate of drug-likeness (QED) is 0.181. The second kappa shape index (κ2) is 12.7. The van der Waals surface area contributed by atoms with Crippen LogP contribution in [0.3, 0.4) is 0 Å². The summed E-state index contributed by atoms with van der Waals surface area (Å²) in [4.78, 5) is 2.47. The van der Waals surface area contributed by atoms with Gasteiger partial charge in [-0.1, -0.05) is 109 Å². The number of nitrogens with zero attached hydrogens (tertiary/aromatic N) is 4. The number of allylic oxidation sites excluding steroid dienone is 2. The topological polar surface area (TPSA) is 55.8 Å². The minimum absolute atomic E-state index is 0.190. The molecule has 0 amide bonds. The zero-order chi connectivity index (χ0) is 36.2. The van der Waals surface area contributed by atoms with Crippen LogP contribution in [0.1, 0.15) is 22.6 Å². The van der Waals surface area contributed by atoms with Crippen LogP contribution in [-0.2, 0) is 0 Å². The van der Waals surface area contributed by atoms with Crippen molar-refractivity contribution in [2.24, 2.45) is 0 Å². The van der Waals surface area contributed by atoms with Crippen molar-refractivity contribution in [1.82, 2.24) is 4.57 Å². The highest BCUT2D eigenvalue weighted by molar-refractivity contribution is 6.10. The van der Waals surface area contributed by atoms with Gasteiger partial charge in [-0.25, -0.2) is 0 Å². The van der Waals surface area contributed by atoms with Gasteiger partial charge >= 0.3 is 0 Å². The van der Waals surface area contributed by atoms with E-state index in [9.17, 15) is 10.5 Å². The molecule has 0 fully saturated rings. The molecule has 54 heavy (non-hydrogen) atoms. The van der Waals surface area contributed by atoms with Crippen LogP contribution in [0.5, 0.6) is 0 Å². The Morgan fingerprint density at radius 3 is 1.87 bits per heavy atom. The Balaban J connectivity index is 0.984. The lowest BCUT2D eigenvalue weighted by Gasteiger charge is -2.29. The van der Waals surface area contributed by atoms with Crippen molar-refractivity contribution >= 4 is 33.2 Å². The molecular formula is C50H32N4. The summed E-state index contributed by atoms with van der Waals surface area (Å²) in [6.45, 7) is 0. The fourth-order valence-corrected chi connectivity index (χ4v) is 8.39. The van der Waals surface area contributed by atoms with E-state index in [-0.39, 0.29) is 12.0 Å². The average Bonchev–Trinajstić information content (AvgIpc) is 3.76. The van der Waals surface area contributed by atoms with Crippen LogP contribution < -0.4 is 4.90 Å². The summed E-state index contributed by atoms with van der Waals surface area (Å²) in [6.07, 6.45) is 8.96. The third kappa shape index (κ3) is 5.13. The van der Waals surface area contributed by atoms with Gasteiger partial charge in [-0.15, -0.1) is 0 Å². The Hall–Kier alpha value is -7.40. The first kappa shape index (κ1) is 31.3. The number of hydrogen-bond donors (Lipinski definition) is 0. The maximum atomic E-state index is 9.56. The van der Waals surface area contributed by atoms with Crippen molar-refractivity contribution < 1.29 is 0 Å². The predicted molar refractivity (Wildman–Crippen MR) is 220 cm³/mol. The molecule has 0 N–H and O–H groups in total. The molecule has 1 aromatic heterocycles. The molecule has 0 radical (unpaired) electrons. The van der Waals surface area contributed by atoms with E-state index < -0.39 is 0 Å². The van der Waals surface area contributed by atoms with Gasteiger partial charge in [0, 0.05) is 33.8 Å².